The van der Waals surface area contributed by atoms with Crippen LogP contribution in [0.1, 0.15) is 30.5 Å². The molecule has 3 aromatic carbocycles. The molecule has 0 saturated carbocycles. The van der Waals surface area contributed by atoms with Crippen LogP contribution in [0.5, 0.6) is 5.75 Å². The van der Waals surface area contributed by atoms with Crippen LogP contribution in [-0.2, 0) is 5.60 Å². The van der Waals surface area contributed by atoms with Gasteiger partial charge in [0, 0.05) is 18.8 Å². The van der Waals surface area contributed by atoms with Gasteiger partial charge in [0.15, 0.2) is 0 Å². The zero-order valence-electron chi connectivity index (χ0n) is 18.3. The lowest BCUT2D eigenvalue weighted by Gasteiger charge is -2.38. The van der Waals surface area contributed by atoms with Gasteiger partial charge in [-0.1, -0.05) is 42.5 Å². The van der Waals surface area contributed by atoms with Crippen LogP contribution in [0.25, 0.3) is 28.9 Å². The van der Waals surface area contributed by atoms with Crippen LogP contribution in [0.15, 0.2) is 73.1 Å². The number of nitrogens with zero attached hydrogens (tertiary/aromatic N) is 2. The molecule has 2 N–H and O–H groups in total. The van der Waals surface area contributed by atoms with E-state index >= 15 is 0 Å². The number of ether oxygens (including phenoxy) is 1. The Labute approximate surface area is 188 Å². The van der Waals surface area contributed by atoms with Crippen molar-refractivity contribution in [3.8, 4) is 11.4 Å². The van der Waals surface area contributed by atoms with E-state index in [1.54, 1.807) is 0 Å². The van der Waals surface area contributed by atoms with Crippen molar-refractivity contribution in [1.29, 1.82) is 0 Å². The highest BCUT2D eigenvalue weighted by Gasteiger charge is 2.35. The number of β-amino-alcohol motifs (C(OH)–C–C–N with tert-alkyl or cyclic N) is 1. The number of hydrogen-bond acceptors (Lipinski definition) is 4. The lowest BCUT2D eigenvalue weighted by molar-refractivity contribution is -0.0146. The molecule has 0 aliphatic carbocycles. The van der Waals surface area contributed by atoms with E-state index in [1.807, 2.05) is 68.7 Å². The lowest BCUT2D eigenvalue weighted by atomic mass is 9.88. The summed E-state index contributed by atoms with van der Waals surface area (Å²) in [5, 5.41) is 13.5. The maximum atomic E-state index is 10.4. The van der Waals surface area contributed by atoms with Crippen LogP contribution in [0, 0.1) is 0 Å². The molecule has 5 nitrogen and oxygen atoms in total. The third-order valence-electron chi connectivity index (χ3n) is 5.81. The summed E-state index contributed by atoms with van der Waals surface area (Å²) in [6.45, 7) is 5.28. The van der Waals surface area contributed by atoms with Crippen LogP contribution >= 0.6 is 0 Å². The normalized spacial score (nSPS) is 15.4. The standard InChI is InChI=1S/C27H27N3O2/c1-19(2)32-24-12-10-23(11-13-24)30-18-29-25-15-21(7-14-26(25)30)4-3-20-5-8-22(9-6-20)27(31)16-28-17-27/h3-15,18-19,28,31H,16-17H2,1-2H3/b4-3-. The van der Waals surface area contributed by atoms with E-state index in [0.717, 1.165) is 39.2 Å². The van der Waals surface area contributed by atoms with Gasteiger partial charge in [0.2, 0.25) is 0 Å². The topological polar surface area (TPSA) is 59.3 Å². The summed E-state index contributed by atoms with van der Waals surface area (Å²) < 4.78 is 7.82. The number of fused-ring (bicyclic) bond motifs is 1. The number of benzene rings is 3. The van der Waals surface area contributed by atoms with E-state index in [0.29, 0.717) is 13.1 Å². The zero-order valence-corrected chi connectivity index (χ0v) is 18.3. The van der Waals surface area contributed by atoms with Gasteiger partial charge in [-0.25, -0.2) is 4.98 Å². The molecule has 1 aromatic heterocycles. The third-order valence-corrected chi connectivity index (χ3v) is 5.81. The van der Waals surface area contributed by atoms with Crippen molar-refractivity contribution >= 4 is 23.2 Å². The monoisotopic (exact) mass is 425 g/mol. The van der Waals surface area contributed by atoms with E-state index < -0.39 is 5.60 Å². The molecule has 162 valence electrons. The van der Waals surface area contributed by atoms with Crippen LogP contribution in [0.4, 0.5) is 0 Å². The Morgan fingerprint density at radius 1 is 0.969 bits per heavy atom. The Bertz CT molecular complexity index is 1250. The van der Waals surface area contributed by atoms with Gasteiger partial charge in [0.1, 0.15) is 17.7 Å². The second-order valence-corrected chi connectivity index (χ2v) is 8.61. The summed E-state index contributed by atoms with van der Waals surface area (Å²) in [7, 11) is 0. The Morgan fingerprint density at radius 3 is 2.31 bits per heavy atom. The van der Waals surface area contributed by atoms with Crippen molar-refractivity contribution in [3.63, 3.8) is 0 Å². The smallest absolute Gasteiger partial charge is 0.119 e. The van der Waals surface area contributed by atoms with Gasteiger partial charge in [0.05, 0.1) is 17.1 Å². The molecule has 0 spiro atoms. The predicted octanol–water partition coefficient (Wildman–Crippen LogP) is 4.77. The van der Waals surface area contributed by atoms with Crippen molar-refractivity contribution in [3.05, 3.63) is 89.7 Å². The molecular formula is C27H27N3O2. The highest BCUT2D eigenvalue weighted by atomic mass is 16.5. The third kappa shape index (κ3) is 4.05. The molecule has 0 amide bonds. The summed E-state index contributed by atoms with van der Waals surface area (Å²) in [5.74, 6) is 0.868. The average molecular weight is 426 g/mol. The van der Waals surface area contributed by atoms with Crippen molar-refractivity contribution in [2.45, 2.75) is 25.6 Å². The highest BCUT2D eigenvalue weighted by Crippen LogP contribution is 2.26. The van der Waals surface area contributed by atoms with E-state index in [9.17, 15) is 5.11 Å². The summed E-state index contributed by atoms with van der Waals surface area (Å²) in [6.07, 6.45) is 6.18. The molecule has 1 fully saturated rings. The molecular weight excluding hydrogens is 398 g/mol. The Hall–Kier alpha value is -3.41. The number of hydrogen-bond donors (Lipinski definition) is 2. The fraction of sp³-hybridized carbons (Fsp3) is 0.222. The summed E-state index contributed by atoms with van der Waals surface area (Å²) in [6, 6.07) is 22.5. The second-order valence-electron chi connectivity index (χ2n) is 8.61. The molecule has 1 aliphatic heterocycles. The molecule has 2 heterocycles. The van der Waals surface area contributed by atoms with Crippen LogP contribution in [0.3, 0.4) is 0 Å². The molecule has 1 saturated heterocycles. The Kier molecular flexibility index (Phi) is 5.29. The molecule has 5 rings (SSSR count). The molecule has 0 radical (unpaired) electrons. The quantitative estimate of drug-likeness (QED) is 0.437. The van der Waals surface area contributed by atoms with Gasteiger partial charge in [-0.15, -0.1) is 0 Å². The van der Waals surface area contributed by atoms with Crippen LogP contribution in [-0.4, -0.2) is 33.9 Å². The second kappa shape index (κ2) is 8.26. The van der Waals surface area contributed by atoms with E-state index in [1.165, 1.54) is 0 Å². The fourth-order valence-corrected chi connectivity index (χ4v) is 3.96. The number of rotatable bonds is 6. The van der Waals surface area contributed by atoms with Crippen LogP contribution < -0.4 is 10.1 Å². The SMILES string of the molecule is CC(C)Oc1ccc(-n2cnc3cc(/C=C\c4ccc(C5(O)CNC5)cc4)ccc32)cc1. The average Bonchev–Trinajstić information content (AvgIpc) is 3.20. The van der Waals surface area contributed by atoms with E-state index in [4.69, 9.17) is 4.74 Å². The minimum Gasteiger partial charge on any atom is -0.491 e. The van der Waals surface area contributed by atoms with Crippen molar-refractivity contribution in [2.24, 2.45) is 0 Å². The lowest BCUT2D eigenvalue weighted by Crippen LogP contribution is -2.56. The first-order valence-electron chi connectivity index (χ1n) is 11.0. The Balaban J connectivity index is 1.33. The van der Waals surface area contributed by atoms with E-state index in [2.05, 4.69) is 45.2 Å². The molecule has 0 bridgehead atoms. The summed E-state index contributed by atoms with van der Waals surface area (Å²) >= 11 is 0. The fourth-order valence-electron chi connectivity index (χ4n) is 3.96. The number of aliphatic hydroxyl groups is 1. The van der Waals surface area contributed by atoms with Crippen LogP contribution in [0.2, 0.25) is 0 Å². The van der Waals surface area contributed by atoms with Crippen molar-refractivity contribution in [2.75, 3.05) is 13.1 Å². The molecule has 0 atom stereocenters. The van der Waals surface area contributed by atoms with Crippen molar-refractivity contribution in [1.82, 2.24) is 14.9 Å². The molecule has 5 heteroatoms. The Morgan fingerprint density at radius 2 is 1.66 bits per heavy atom. The van der Waals surface area contributed by atoms with Gasteiger partial charge >= 0.3 is 0 Å². The minimum atomic E-state index is -0.714. The summed E-state index contributed by atoms with van der Waals surface area (Å²) in [5.41, 5.74) is 5.50. The summed E-state index contributed by atoms with van der Waals surface area (Å²) in [4.78, 5) is 4.60. The number of imidazole rings is 1. The first-order chi connectivity index (χ1) is 15.5. The van der Waals surface area contributed by atoms with Gasteiger partial charge < -0.3 is 15.2 Å². The van der Waals surface area contributed by atoms with Gasteiger partial charge in [-0.2, -0.15) is 0 Å². The highest BCUT2D eigenvalue weighted by molar-refractivity contribution is 5.82. The number of aromatic nitrogens is 2. The number of nitrogens with one attached hydrogen (secondary N) is 1. The maximum Gasteiger partial charge on any atom is 0.119 e. The largest absolute Gasteiger partial charge is 0.491 e. The van der Waals surface area contributed by atoms with Gasteiger partial charge in [-0.3, -0.25) is 4.57 Å². The molecule has 0 unspecified atom stereocenters. The van der Waals surface area contributed by atoms with Gasteiger partial charge in [0.25, 0.3) is 0 Å². The van der Waals surface area contributed by atoms with Crippen molar-refractivity contribution < 1.29 is 9.84 Å². The first kappa shape index (κ1) is 20.5. The first-order valence-corrected chi connectivity index (χ1v) is 11.0. The predicted molar refractivity (Wildman–Crippen MR) is 129 cm³/mol. The maximum absolute atomic E-state index is 10.4. The van der Waals surface area contributed by atoms with E-state index in [-0.39, 0.29) is 6.10 Å². The molecule has 4 aromatic rings. The molecule has 1 aliphatic rings. The molecule has 32 heavy (non-hydrogen) atoms. The minimum absolute atomic E-state index is 0.158. The van der Waals surface area contributed by atoms with Gasteiger partial charge in [-0.05, 0) is 66.9 Å². The zero-order chi connectivity index (χ0) is 22.1.